The van der Waals surface area contributed by atoms with E-state index in [1.165, 1.54) is 31.4 Å². The van der Waals surface area contributed by atoms with E-state index in [1.807, 2.05) is 0 Å². The Morgan fingerprint density at radius 3 is 2.41 bits per heavy atom. The number of H-pyrrole nitrogens is 2. The van der Waals surface area contributed by atoms with Gasteiger partial charge in [-0.3, -0.25) is 23.9 Å². The topological polar surface area (TPSA) is 159 Å². The Morgan fingerprint density at radius 2 is 1.83 bits per heavy atom. The summed E-state index contributed by atoms with van der Waals surface area (Å²) < 4.78 is 9.83. The van der Waals surface area contributed by atoms with Gasteiger partial charge in [0.1, 0.15) is 11.3 Å². The third-order valence-corrected chi connectivity index (χ3v) is 4.04. The zero-order valence-electron chi connectivity index (χ0n) is 14.5. The average molecular weight is 440 g/mol. The number of carbonyl (C=O) groups excluding carboxylic acids is 2. The lowest BCUT2D eigenvalue weighted by molar-refractivity contribution is 0.0960. The van der Waals surface area contributed by atoms with Gasteiger partial charge in [-0.05, 0) is 17.3 Å². The van der Waals surface area contributed by atoms with Crippen LogP contribution in [0.4, 0.5) is 5.69 Å². The van der Waals surface area contributed by atoms with E-state index in [0.29, 0.717) is 0 Å². The van der Waals surface area contributed by atoms with Crippen molar-refractivity contribution in [1.82, 2.24) is 20.4 Å². The summed E-state index contributed by atoms with van der Waals surface area (Å²) in [5, 5.41) is 8.07. The van der Waals surface area contributed by atoms with Gasteiger partial charge in [0, 0.05) is 25.0 Å². The highest BCUT2D eigenvalue weighted by Crippen LogP contribution is 2.38. The number of rotatable bonds is 5. The lowest BCUT2D eigenvalue weighted by Gasteiger charge is -2.12. The number of hydrogen-bond donors (Lipinski definition) is 4. The SMILES string of the molecule is CNC(=O)c1cc(Oc2c(Cl)cc(NC(=O)c3noc(=O)[nH]3)cc2Cl)c[nH]c1=O. The van der Waals surface area contributed by atoms with Crippen LogP contribution in [-0.2, 0) is 0 Å². The molecule has 150 valence electrons. The molecule has 0 aliphatic heterocycles. The molecule has 0 saturated carbocycles. The number of ether oxygens (including phenoxy) is 1. The quantitative estimate of drug-likeness (QED) is 0.470. The van der Waals surface area contributed by atoms with Crippen LogP contribution in [0.15, 0.2) is 38.5 Å². The van der Waals surface area contributed by atoms with Crippen molar-refractivity contribution in [3.05, 3.63) is 66.7 Å². The summed E-state index contributed by atoms with van der Waals surface area (Å²) in [6.45, 7) is 0. The number of carbonyl (C=O) groups is 2. The molecular weight excluding hydrogens is 429 g/mol. The normalized spacial score (nSPS) is 10.4. The fourth-order valence-corrected chi connectivity index (χ4v) is 2.76. The molecule has 1 aromatic carbocycles. The summed E-state index contributed by atoms with van der Waals surface area (Å²) in [6, 6.07) is 3.90. The molecule has 0 bridgehead atoms. The van der Waals surface area contributed by atoms with Crippen molar-refractivity contribution in [3.63, 3.8) is 0 Å². The first kappa shape index (κ1) is 20.2. The van der Waals surface area contributed by atoms with Crippen LogP contribution >= 0.6 is 23.2 Å². The standard InChI is InChI=1S/C16H11Cl2N5O6/c1-19-13(24)8-4-7(5-20-14(8)25)28-11-9(17)2-6(3-10(11)18)21-15(26)12-22-16(27)29-23-12/h2-5H,1H3,(H,19,24)(H,20,25)(H,21,26)(H,22,23,27). The summed E-state index contributed by atoms with van der Waals surface area (Å²) in [6.07, 6.45) is 1.23. The second-order valence-electron chi connectivity index (χ2n) is 5.43. The first-order chi connectivity index (χ1) is 13.8. The fraction of sp³-hybridized carbons (Fsp3) is 0.0625. The fourth-order valence-electron chi connectivity index (χ4n) is 2.19. The predicted molar refractivity (Wildman–Crippen MR) is 102 cm³/mol. The summed E-state index contributed by atoms with van der Waals surface area (Å²) in [5.74, 6) is -2.45. The van der Waals surface area contributed by atoms with Gasteiger partial charge in [-0.2, -0.15) is 0 Å². The van der Waals surface area contributed by atoms with Gasteiger partial charge < -0.3 is 20.4 Å². The third-order valence-electron chi connectivity index (χ3n) is 3.48. The Labute approximate surface area is 171 Å². The molecular formula is C16H11Cl2N5O6. The Hall–Kier alpha value is -3.57. The highest BCUT2D eigenvalue weighted by Gasteiger charge is 2.17. The van der Waals surface area contributed by atoms with E-state index in [2.05, 4.69) is 30.3 Å². The molecule has 2 aromatic heterocycles. The van der Waals surface area contributed by atoms with Crippen molar-refractivity contribution >= 4 is 40.7 Å². The average Bonchev–Trinajstić information content (AvgIpc) is 3.12. The number of benzene rings is 1. The molecule has 0 aliphatic rings. The maximum Gasteiger partial charge on any atom is 0.439 e. The Bertz CT molecular complexity index is 1190. The maximum absolute atomic E-state index is 12.0. The molecule has 4 N–H and O–H groups in total. The number of amides is 2. The molecule has 0 radical (unpaired) electrons. The zero-order valence-corrected chi connectivity index (χ0v) is 16.0. The van der Waals surface area contributed by atoms with E-state index in [4.69, 9.17) is 27.9 Å². The first-order valence-electron chi connectivity index (χ1n) is 7.77. The Morgan fingerprint density at radius 1 is 1.14 bits per heavy atom. The third kappa shape index (κ3) is 4.47. The van der Waals surface area contributed by atoms with Gasteiger partial charge in [0.05, 0.1) is 10.0 Å². The number of aromatic nitrogens is 3. The molecule has 0 unspecified atom stereocenters. The van der Waals surface area contributed by atoms with E-state index in [0.717, 1.165) is 0 Å². The Kier molecular flexibility index (Phi) is 5.71. The summed E-state index contributed by atoms with van der Waals surface area (Å²) in [5.41, 5.74) is -0.575. The molecule has 0 aliphatic carbocycles. The van der Waals surface area contributed by atoms with Gasteiger partial charge in [-0.15, -0.1) is 0 Å². The molecule has 11 nitrogen and oxygen atoms in total. The molecule has 3 rings (SSSR count). The van der Waals surface area contributed by atoms with Crippen molar-refractivity contribution in [3.8, 4) is 11.5 Å². The molecule has 0 saturated heterocycles. The largest absolute Gasteiger partial charge is 0.453 e. The molecule has 3 aromatic rings. The van der Waals surface area contributed by atoms with Gasteiger partial charge in [-0.25, -0.2) is 4.79 Å². The minimum absolute atomic E-state index is 0.0224. The highest BCUT2D eigenvalue weighted by atomic mass is 35.5. The van der Waals surface area contributed by atoms with Crippen molar-refractivity contribution in [2.45, 2.75) is 0 Å². The van der Waals surface area contributed by atoms with Gasteiger partial charge in [0.25, 0.3) is 17.4 Å². The van der Waals surface area contributed by atoms with Crippen LogP contribution in [0.3, 0.4) is 0 Å². The number of halogens is 2. The number of nitrogens with zero attached hydrogens (tertiary/aromatic N) is 1. The van der Waals surface area contributed by atoms with E-state index in [-0.39, 0.29) is 38.6 Å². The predicted octanol–water partition coefficient (Wildman–Crippen LogP) is 1.76. The number of hydrogen-bond acceptors (Lipinski definition) is 7. The van der Waals surface area contributed by atoms with Crippen LogP contribution in [-0.4, -0.2) is 34.0 Å². The molecule has 13 heteroatoms. The van der Waals surface area contributed by atoms with E-state index < -0.39 is 23.1 Å². The van der Waals surface area contributed by atoms with Crippen LogP contribution in [0, 0.1) is 0 Å². The first-order valence-corrected chi connectivity index (χ1v) is 8.53. The number of nitrogens with one attached hydrogen (secondary N) is 4. The molecule has 2 heterocycles. The number of pyridine rings is 1. The van der Waals surface area contributed by atoms with E-state index >= 15 is 0 Å². The molecule has 2 amide bonds. The van der Waals surface area contributed by atoms with Crippen LogP contribution in [0.2, 0.25) is 10.0 Å². The van der Waals surface area contributed by atoms with Gasteiger partial charge in [0.15, 0.2) is 5.75 Å². The van der Waals surface area contributed by atoms with E-state index in [1.54, 1.807) is 0 Å². The second kappa shape index (κ2) is 8.20. The minimum Gasteiger partial charge on any atom is -0.453 e. The highest BCUT2D eigenvalue weighted by molar-refractivity contribution is 6.37. The molecule has 0 atom stereocenters. The second-order valence-corrected chi connectivity index (χ2v) is 6.24. The van der Waals surface area contributed by atoms with Gasteiger partial charge in [0.2, 0.25) is 5.82 Å². The Balaban J connectivity index is 1.85. The van der Waals surface area contributed by atoms with Crippen LogP contribution in [0.1, 0.15) is 21.0 Å². The molecule has 29 heavy (non-hydrogen) atoms. The van der Waals surface area contributed by atoms with Gasteiger partial charge in [-0.1, -0.05) is 23.2 Å². The van der Waals surface area contributed by atoms with Crippen molar-refractivity contribution in [2.24, 2.45) is 0 Å². The van der Waals surface area contributed by atoms with Crippen LogP contribution < -0.4 is 26.7 Å². The van der Waals surface area contributed by atoms with E-state index in [9.17, 15) is 19.2 Å². The van der Waals surface area contributed by atoms with Gasteiger partial charge >= 0.3 is 5.76 Å². The smallest absolute Gasteiger partial charge is 0.439 e. The number of aromatic amines is 2. The lowest BCUT2D eigenvalue weighted by Crippen LogP contribution is -2.26. The van der Waals surface area contributed by atoms with Crippen molar-refractivity contribution < 1.29 is 18.8 Å². The number of anilines is 1. The van der Waals surface area contributed by atoms with Crippen LogP contribution in [0.25, 0.3) is 0 Å². The summed E-state index contributed by atoms with van der Waals surface area (Å²) in [7, 11) is 1.38. The zero-order chi connectivity index (χ0) is 21.1. The summed E-state index contributed by atoms with van der Waals surface area (Å²) in [4.78, 5) is 50.8. The van der Waals surface area contributed by atoms with Crippen LogP contribution in [0.5, 0.6) is 11.5 Å². The monoisotopic (exact) mass is 439 g/mol. The maximum atomic E-state index is 12.0. The molecule has 0 fully saturated rings. The lowest BCUT2D eigenvalue weighted by atomic mass is 10.2. The minimum atomic E-state index is -0.882. The summed E-state index contributed by atoms with van der Waals surface area (Å²) >= 11 is 12.4. The van der Waals surface area contributed by atoms with Crippen molar-refractivity contribution in [1.29, 1.82) is 0 Å². The van der Waals surface area contributed by atoms with Crippen molar-refractivity contribution in [2.75, 3.05) is 12.4 Å². The molecule has 0 spiro atoms.